The fourth-order valence-corrected chi connectivity index (χ4v) is 4.91. The van der Waals surface area contributed by atoms with Crippen molar-refractivity contribution in [1.29, 1.82) is 0 Å². The molecule has 1 unspecified atom stereocenters. The van der Waals surface area contributed by atoms with Gasteiger partial charge in [-0.25, -0.2) is 4.98 Å². The van der Waals surface area contributed by atoms with Crippen LogP contribution in [0.3, 0.4) is 0 Å². The molecule has 9 heteroatoms. The van der Waals surface area contributed by atoms with Gasteiger partial charge < -0.3 is 14.7 Å². The lowest BCUT2D eigenvalue weighted by molar-refractivity contribution is -0.117. The van der Waals surface area contributed by atoms with Gasteiger partial charge in [0.05, 0.1) is 11.0 Å². The Morgan fingerprint density at radius 2 is 1.88 bits per heavy atom. The molecule has 1 amide bonds. The van der Waals surface area contributed by atoms with Gasteiger partial charge in [0.1, 0.15) is 12.1 Å². The molecule has 0 bridgehead atoms. The lowest BCUT2D eigenvalue weighted by Gasteiger charge is -2.12. The molecule has 2 heterocycles. The number of rotatable bonds is 12. The monoisotopic (exact) mass is 535 g/mol. The van der Waals surface area contributed by atoms with E-state index in [1.165, 1.54) is 0 Å². The van der Waals surface area contributed by atoms with Crippen LogP contribution in [0.1, 0.15) is 50.9 Å². The zero-order chi connectivity index (χ0) is 27.9. The Morgan fingerprint density at radius 1 is 1.07 bits per heavy atom. The Balaban J connectivity index is 1.42. The molecule has 0 saturated heterocycles. The van der Waals surface area contributed by atoms with E-state index < -0.39 is 0 Å². The molecule has 40 heavy (non-hydrogen) atoms. The second-order valence-electron chi connectivity index (χ2n) is 10.2. The first-order chi connectivity index (χ1) is 19.6. The SMILES string of the molecule is CCCCc1nc2ccc(NC(=O)CC(C)CC=O)cc2n1Cc1ccc(-c2ccccc2-c2nn[nH]n2)cc1. The van der Waals surface area contributed by atoms with E-state index in [9.17, 15) is 9.59 Å². The van der Waals surface area contributed by atoms with Crippen molar-refractivity contribution in [2.45, 2.75) is 52.5 Å². The summed E-state index contributed by atoms with van der Waals surface area (Å²) in [5, 5.41) is 17.5. The minimum atomic E-state index is -0.0948. The second-order valence-corrected chi connectivity index (χ2v) is 10.2. The van der Waals surface area contributed by atoms with Crippen molar-refractivity contribution in [2.75, 3.05) is 5.32 Å². The van der Waals surface area contributed by atoms with Gasteiger partial charge in [-0.2, -0.15) is 5.21 Å². The van der Waals surface area contributed by atoms with Gasteiger partial charge in [-0.15, -0.1) is 10.2 Å². The molecule has 1 atom stereocenters. The first kappa shape index (κ1) is 26.9. The highest BCUT2D eigenvalue weighted by atomic mass is 16.1. The van der Waals surface area contributed by atoms with Gasteiger partial charge in [0, 0.05) is 37.1 Å². The molecule has 2 N–H and O–H groups in total. The first-order valence-electron chi connectivity index (χ1n) is 13.7. The van der Waals surface area contributed by atoms with E-state index in [1.54, 1.807) is 0 Å². The number of nitrogens with one attached hydrogen (secondary N) is 2. The highest BCUT2D eigenvalue weighted by Gasteiger charge is 2.15. The van der Waals surface area contributed by atoms with Crippen molar-refractivity contribution in [3.63, 3.8) is 0 Å². The maximum atomic E-state index is 12.5. The van der Waals surface area contributed by atoms with Gasteiger partial charge in [-0.1, -0.05) is 68.8 Å². The standard InChI is InChI=1S/C31H33N7O2/c1-3-4-9-29-33-27-15-14-24(32-30(40)18-21(2)16-17-39)19-28(27)38(29)20-22-10-12-23(13-11-22)25-7-5-6-8-26(25)31-34-36-37-35-31/h5-8,10-15,17,19,21H,3-4,9,16,18,20H2,1-2H3,(H,32,40)(H,34,35,36,37). The van der Waals surface area contributed by atoms with Gasteiger partial charge in [0.15, 0.2) is 0 Å². The van der Waals surface area contributed by atoms with Crippen LogP contribution in [0.2, 0.25) is 0 Å². The minimum Gasteiger partial charge on any atom is -0.326 e. The number of hydrogen-bond acceptors (Lipinski definition) is 6. The molecule has 2 aromatic heterocycles. The number of unbranched alkanes of at least 4 members (excludes halogenated alkanes) is 1. The number of fused-ring (bicyclic) bond motifs is 1. The molecule has 3 aromatic carbocycles. The zero-order valence-corrected chi connectivity index (χ0v) is 22.8. The van der Waals surface area contributed by atoms with E-state index in [0.717, 1.165) is 70.3 Å². The Bertz CT molecular complexity index is 1590. The predicted molar refractivity (Wildman–Crippen MR) is 156 cm³/mol. The topological polar surface area (TPSA) is 118 Å². The van der Waals surface area contributed by atoms with Crippen LogP contribution < -0.4 is 5.32 Å². The van der Waals surface area contributed by atoms with E-state index >= 15 is 0 Å². The van der Waals surface area contributed by atoms with Gasteiger partial charge >= 0.3 is 0 Å². The number of aromatic nitrogens is 6. The molecular formula is C31H33N7O2. The summed E-state index contributed by atoms with van der Waals surface area (Å²) in [6, 6.07) is 22.4. The Kier molecular flexibility index (Phi) is 8.39. The Hall–Kier alpha value is -4.66. The van der Waals surface area contributed by atoms with Crippen LogP contribution in [0, 0.1) is 5.92 Å². The van der Waals surface area contributed by atoms with Crippen LogP contribution in [0.15, 0.2) is 66.7 Å². The molecule has 0 saturated carbocycles. The van der Waals surface area contributed by atoms with E-state index in [4.69, 9.17) is 4.98 Å². The van der Waals surface area contributed by atoms with Crippen LogP contribution in [0.4, 0.5) is 5.69 Å². The van der Waals surface area contributed by atoms with Gasteiger partial charge in [-0.05, 0) is 52.4 Å². The quantitative estimate of drug-likeness (QED) is 0.194. The third-order valence-electron chi connectivity index (χ3n) is 7.02. The number of anilines is 1. The number of benzene rings is 3. The zero-order valence-electron chi connectivity index (χ0n) is 22.8. The molecule has 0 spiro atoms. The third kappa shape index (κ3) is 6.14. The summed E-state index contributed by atoms with van der Waals surface area (Å²) in [5.74, 6) is 1.51. The van der Waals surface area contributed by atoms with Gasteiger partial charge in [0.2, 0.25) is 11.7 Å². The summed E-state index contributed by atoms with van der Waals surface area (Å²) in [6.45, 7) is 4.74. The number of aromatic amines is 1. The Labute approximate surface area is 233 Å². The molecule has 0 radical (unpaired) electrons. The molecule has 0 aliphatic carbocycles. The van der Waals surface area contributed by atoms with Crippen molar-refractivity contribution < 1.29 is 9.59 Å². The number of imidazole rings is 1. The number of tetrazole rings is 1. The van der Waals surface area contributed by atoms with Gasteiger partial charge in [0.25, 0.3) is 0 Å². The molecule has 9 nitrogen and oxygen atoms in total. The largest absolute Gasteiger partial charge is 0.326 e. The van der Waals surface area contributed by atoms with Crippen molar-refractivity contribution in [3.05, 3.63) is 78.1 Å². The summed E-state index contributed by atoms with van der Waals surface area (Å²) in [7, 11) is 0. The van der Waals surface area contributed by atoms with Crippen molar-refractivity contribution in [3.8, 4) is 22.5 Å². The molecule has 5 aromatic rings. The number of H-pyrrole nitrogens is 1. The van der Waals surface area contributed by atoms with Crippen LogP contribution in [-0.2, 0) is 22.6 Å². The second kappa shape index (κ2) is 12.5. The van der Waals surface area contributed by atoms with Crippen LogP contribution >= 0.6 is 0 Å². The maximum Gasteiger partial charge on any atom is 0.224 e. The van der Waals surface area contributed by atoms with Crippen molar-refractivity contribution >= 4 is 28.9 Å². The number of aryl methyl sites for hydroxylation is 1. The fraction of sp³-hybridized carbons (Fsp3) is 0.290. The van der Waals surface area contributed by atoms with Gasteiger partial charge in [-0.3, -0.25) is 4.79 Å². The van der Waals surface area contributed by atoms with Crippen molar-refractivity contribution in [1.82, 2.24) is 30.2 Å². The number of aldehydes is 1. The molecule has 5 rings (SSSR count). The molecule has 0 aliphatic rings. The molecule has 204 valence electrons. The molecule has 0 aliphatic heterocycles. The average Bonchev–Trinajstić information content (AvgIpc) is 3.61. The fourth-order valence-electron chi connectivity index (χ4n) is 4.91. The van der Waals surface area contributed by atoms with Crippen molar-refractivity contribution in [2.24, 2.45) is 5.92 Å². The van der Waals surface area contributed by atoms with E-state index in [1.807, 2.05) is 43.3 Å². The van der Waals surface area contributed by atoms with Crippen LogP contribution in [0.25, 0.3) is 33.5 Å². The molecule has 0 fully saturated rings. The van der Waals surface area contributed by atoms with E-state index in [2.05, 4.69) is 67.8 Å². The number of carbonyl (C=O) groups is 2. The van der Waals surface area contributed by atoms with E-state index in [-0.39, 0.29) is 11.8 Å². The first-order valence-corrected chi connectivity index (χ1v) is 13.7. The van der Waals surface area contributed by atoms with Crippen LogP contribution in [-0.4, -0.2) is 42.4 Å². The summed E-state index contributed by atoms with van der Waals surface area (Å²) in [4.78, 5) is 28.2. The minimum absolute atomic E-state index is 0.00885. The lowest BCUT2D eigenvalue weighted by atomic mass is 9.98. The lowest BCUT2D eigenvalue weighted by Crippen LogP contribution is -2.15. The van der Waals surface area contributed by atoms with Crippen LogP contribution in [0.5, 0.6) is 0 Å². The normalized spacial score (nSPS) is 11.9. The Morgan fingerprint density at radius 3 is 2.60 bits per heavy atom. The average molecular weight is 536 g/mol. The number of amides is 1. The highest BCUT2D eigenvalue weighted by Crippen LogP contribution is 2.30. The third-order valence-corrected chi connectivity index (χ3v) is 7.02. The summed E-state index contributed by atoms with van der Waals surface area (Å²) in [6.07, 6.45) is 4.55. The molecular weight excluding hydrogens is 502 g/mol. The summed E-state index contributed by atoms with van der Waals surface area (Å²) < 4.78 is 2.25. The number of carbonyl (C=O) groups excluding carboxylic acids is 2. The highest BCUT2D eigenvalue weighted by molar-refractivity contribution is 5.93. The smallest absolute Gasteiger partial charge is 0.224 e. The van der Waals surface area contributed by atoms with E-state index in [0.29, 0.717) is 25.2 Å². The number of hydrogen-bond donors (Lipinski definition) is 2. The summed E-state index contributed by atoms with van der Waals surface area (Å²) >= 11 is 0. The summed E-state index contributed by atoms with van der Waals surface area (Å²) in [5.41, 5.74) is 6.79. The maximum absolute atomic E-state index is 12.5. The predicted octanol–water partition coefficient (Wildman–Crippen LogP) is 5.83. The number of nitrogens with zero attached hydrogens (tertiary/aromatic N) is 5.